The van der Waals surface area contributed by atoms with Crippen molar-refractivity contribution in [2.24, 2.45) is 20.5 Å². The van der Waals surface area contributed by atoms with Crippen LogP contribution in [0.2, 0.25) is 0 Å². The third kappa shape index (κ3) is 13.3. The summed E-state index contributed by atoms with van der Waals surface area (Å²) in [6.07, 6.45) is 3.86. The molecule has 5 atom stereocenters. The predicted octanol–water partition coefficient (Wildman–Crippen LogP) is 8.39. The van der Waals surface area contributed by atoms with Crippen LogP contribution >= 0.6 is 11.3 Å². The Balaban J connectivity index is 0.730. The number of likely N-dealkylation sites (tertiary alicyclic amines) is 1. The zero-order valence-corrected chi connectivity index (χ0v) is 46.3. The van der Waals surface area contributed by atoms with Crippen molar-refractivity contribution in [1.82, 2.24) is 15.6 Å². The number of carbonyl (C=O) groups excluding carboxylic acids is 4. The molecule has 3 aromatic carbocycles. The summed E-state index contributed by atoms with van der Waals surface area (Å²) in [7, 11) is 0. The molecule has 0 saturated carbocycles. The molecule has 0 bridgehead atoms. The summed E-state index contributed by atoms with van der Waals surface area (Å²) in [5, 5.41) is 22.2. The number of benzene rings is 3. The number of aliphatic hydroxyl groups excluding tert-OH is 1. The van der Waals surface area contributed by atoms with E-state index >= 15 is 0 Å². The van der Waals surface area contributed by atoms with E-state index in [2.05, 4.69) is 83.0 Å². The molecule has 4 N–H and O–H groups in total. The number of hydrogen-bond donors (Lipinski definition) is 4. The molecule has 4 aliphatic rings. The Hall–Kier alpha value is -6.53. The van der Waals surface area contributed by atoms with Gasteiger partial charge in [-0.25, -0.2) is 0 Å². The minimum absolute atomic E-state index is 0.0262. The van der Waals surface area contributed by atoms with Gasteiger partial charge in [-0.3, -0.25) is 39.5 Å². The Bertz CT molecular complexity index is 2900. The van der Waals surface area contributed by atoms with Gasteiger partial charge in [0.15, 0.2) is 5.78 Å². The van der Waals surface area contributed by atoms with Crippen LogP contribution in [0.3, 0.4) is 0 Å². The Morgan fingerprint density at radius 3 is 2.29 bits per heavy atom. The van der Waals surface area contributed by atoms with Crippen LogP contribution in [0.4, 0.5) is 10.7 Å². The highest BCUT2D eigenvalue weighted by molar-refractivity contribution is 7.17. The topological polar surface area (TPSA) is 196 Å². The number of amidine groups is 1. The number of hydrogen-bond acceptors (Lipinski definition) is 14. The minimum atomic E-state index is -0.932. The quantitative estimate of drug-likeness (QED) is 0.0555. The fraction of sp³-hybridized carbons (Fsp3) is 0.475. The van der Waals surface area contributed by atoms with Crippen molar-refractivity contribution in [3.63, 3.8) is 0 Å². The lowest BCUT2D eigenvalue weighted by atomic mass is 9.85. The molecule has 16 nitrogen and oxygen atoms in total. The molecule has 0 aliphatic carbocycles. The summed E-state index contributed by atoms with van der Waals surface area (Å²) in [6.45, 7) is 19.3. The summed E-state index contributed by atoms with van der Waals surface area (Å²) < 4.78 is 17.5. The number of nitrogens with one attached hydrogen (secondary N) is 3. The van der Waals surface area contributed by atoms with Gasteiger partial charge in [0.2, 0.25) is 17.7 Å². The van der Waals surface area contributed by atoms with Crippen molar-refractivity contribution in [3.8, 4) is 5.75 Å². The van der Waals surface area contributed by atoms with Crippen LogP contribution in [0.15, 0.2) is 87.4 Å². The number of aliphatic hydroxyl groups is 1. The molecule has 3 unspecified atom stereocenters. The van der Waals surface area contributed by atoms with Crippen LogP contribution in [0.25, 0.3) is 5.70 Å². The number of thiophene rings is 1. The van der Waals surface area contributed by atoms with E-state index < -0.39 is 41.5 Å². The van der Waals surface area contributed by atoms with Crippen LogP contribution in [0.5, 0.6) is 5.75 Å². The van der Waals surface area contributed by atoms with Crippen molar-refractivity contribution in [3.05, 3.63) is 116 Å². The van der Waals surface area contributed by atoms with Gasteiger partial charge in [-0.15, -0.1) is 11.3 Å². The maximum atomic E-state index is 14.0. The molecule has 1 aromatic heterocycles. The van der Waals surface area contributed by atoms with Gasteiger partial charge in [0.1, 0.15) is 35.4 Å². The van der Waals surface area contributed by atoms with Gasteiger partial charge in [-0.1, -0.05) is 74.9 Å². The van der Waals surface area contributed by atoms with Gasteiger partial charge in [-0.2, -0.15) is 5.10 Å². The number of hydrazone groups is 1. The predicted molar refractivity (Wildman–Crippen MR) is 301 cm³/mol. The number of nitrogens with zero attached hydrogens (tertiary/aromatic N) is 5. The summed E-state index contributed by atoms with van der Waals surface area (Å²) in [5.74, 6) is 0.440. The van der Waals surface area contributed by atoms with E-state index in [-0.39, 0.29) is 56.9 Å². The normalized spacial score (nSPS) is 19.4. The Kier molecular flexibility index (Phi) is 18.1. The number of aliphatic imine (C=N–C) groups is 2. The first-order valence-corrected chi connectivity index (χ1v) is 27.3. The highest BCUT2D eigenvalue weighted by atomic mass is 32.1. The Labute approximate surface area is 451 Å². The van der Waals surface area contributed by atoms with Gasteiger partial charge < -0.3 is 34.9 Å². The first-order chi connectivity index (χ1) is 36.4. The molecule has 1 fully saturated rings. The number of Topliss-reactive ketones (excluding diaryl/α,β-unsaturated/α-hetero) is 1. The summed E-state index contributed by atoms with van der Waals surface area (Å²) in [6, 6.07) is 19.9. The minimum Gasteiger partial charge on any atom is -0.493 e. The second-order valence-electron chi connectivity index (χ2n) is 21.5. The fourth-order valence-corrected chi connectivity index (χ4v) is 11.3. The van der Waals surface area contributed by atoms with Gasteiger partial charge in [0.25, 0.3) is 0 Å². The zero-order valence-electron chi connectivity index (χ0n) is 45.5. The highest BCUT2D eigenvalue weighted by Crippen LogP contribution is 2.42. The number of allylic oxidation sites excluding steroid dienone is 1. The molecule has 0 spiro atoms. The molecule has 0 radical (unpaired) electrons. The number of aryl methyl sites for hydroxylation is 4. The lowest BCUT2D eigenvalue weighted by molar-refractivity contribution is -0.144. The van der Waals surface area contributed by atoms with E-state index in [0.717, 1.165) is 56.5 Å². The van der Waals surface area contributed by atoms with Gasteiger partial charge in [0, 0.05) is 85.5 Å². The Morgan fingerprint density at radius 1 is 0.882 bits per heavy atom. The van der Waals surface area contributed by atoms with E-state index in [1.54, 1.807) is 11.3 Å². The number of fused-ring (bicyclic) bond motifs is 3. The highest BCUT2D eigenvalue weighted by Gasteiger charge is 2.45. The third-order valence-electron chi connectivity index (χ3n) is 14.4. The molecular weight excluding hydrogens is 981 g/mol. The average molecular weight is 1060 g/mol. The van der Waals surface area contributed by atoms with Crippen LogP contribution < -0.4 is 25.7 Å². The Morgan fingerprint density at radius 2 is 1.59 bits per heavy atom. The maximum Gasteiger partial charge on any atom is 0.246 e. The van der Waals surface area contributed by atoms with Crippen LogP contribution in [0, 0.1) is 33.1 Å². The van der Waals surface area contributed by atoms with Crippen molar-refractivity contribution in [2.75, 3.05) is 49.8 Å². The summed E-state index contributed by atoms with van der Waals surface area (Å²) in [5.41, 5.74) is 13.7. The number of ketones is 1. The number of carbonyl (C=O) groups is 4. The summed E-state index contributed by atoms with van der Waals surface area (Å²) >= 11 is 1.73. The molecule has 5 heterocycles. The average Bonchev–Trinajstić information content (AvgIpc) is 4.16. The lowest BCUT2D eigenvalue weighted by Gasteiger charge is -2.35. The molecule has 4 aromatic rings. The van der Waals surface area contributed by atoms with Crippen molar-refractivity contribution < 1.29 is 38.5 Å². The van der Waals surface area contributed by atoms with Crippen molar-refractivity contribution in [1.29, 1.82) is 0 Å². The maximum absolute atomic E-state index is 14.0. The molecule has 17 heteroatoms. The lowest BCUT2D eigenvalue weighted by Crippen LogP contribution is -2.57. The van der Waals surface area contributed by atoms with Crippen LogP contribution in [-0.4, -0.2) is 121 Å². The molecule has 404 valence electrons. The molecular formula is C59H74N8O8S. The number of amides is 3. The largest absolute Gasteiger partial charge is 0.493 e. The van der Waals surface area contributed by atoms with Gasteiger partial charge in [0.05, 0.1) is 42.6 Å². The van der Waals surface area contributed by atoms with E-state index in [4.69, 9.17) is 19.2 Å². The zero-order chi connectivity index (χ0) is 54.3. The number of rotatable bonds is 22. The van der Waals surface area contributed by atoms with E-state index in [9.17, 15) is 24.3 Å². The second-order valence-corrected chi connectivity index (χ2v) is 22.7. The van der Waals surface area contributed by atoms with Gasteiger partial charge in [-0.05, 0) is 100 Å². The number of anilines is 2. The fourth-order valence-electron chi connectivity index (χ4n) is 10.1. The molecule has 4 aliphatic heterocycles. The smallest absolute Gasteiger partial charge is 0.246 e. The van der Waals surface area contributed by atoms with Crippen molar-refractivity contribution in [2.45, 2.75) is 138 Å². The third-order valence-corrected chi connectivity index (χ3v) is 15.6. The number of β-amino-alcohol motifs (C(OH)–C–C–N with tert-alkyl or cyclic N) is 1. The second kappa shape index (κ2) is 24.6. The van der Waals surface area contributed by atoms with Gasteiger partial charge >= 0.3 is 0 Å². The molecule has 8 rings (SSSR count). The van der Waals surface area contributed by atoms with Crippen LogP contribution in [0.1, 0.15) is 117 Å². The first kappa shape index (κ1) is 55.7. The van der Waals surface area contributed by atoms with E-state index in [1.165, 1.54) is 26.5 Å². The molecule has 76 heavy (non-hydrogen) atoms. The summed E-state index contributed by atoms with van der Waals surface area (Å²) in [4.78, 5) is 69.1. The van der Waals surface area contributed by atoms with E-state index in [0.29, 0.717) is 50.5 Å². The first-order valence-electron chi connectivity index (χ1n) is 26.5. The molecule has 1 saturated heterocycles. The monoisotopic (exact) mass is 1050 g/mol. The molecule has 3 amide bonds. The van der Waals surface area contributed by atoms with Crippen LogP contribution in [-0.2, 0) is 35.1 Å². The van der Waals surface area contributed by atoms with Crippen molar-refractivity contribution >= 4 is 69.0 Å². The standard InChI is InChI=1S/C59H74N8O8S/c1-35-12-17-43(18-13-35)54-52-38(4)39(5)76-58(52)67-40(6)64-65-56(67)46(62-54)32-50(70)61-44-21-23-49(37(3)30-44)75-29-11-27-73-26-10-28-74-34-51(71)63-55(59(7,8)9)57(72)66-33-45(68)31-47(66)48(69)22-16-41-14-19-42(20-15-41)53-36(2)24-25-60-53/h12-15,17-21,23,25,30,45-47,55-56,65,68H,10-11,16,22,24,26-29,31-34H2,1-9H3,(H,61,70)(H,63,71)/t45?,46?,47-,55+,56?/m0/s1. The number of ether oxygens (including phenoxy) is 3. The SMILES string of the molecule is CC1=NNC2C(CC(=O)Nc3ccc(OCCCOCCCOCC(=O)N[C@H](C(=O)N4CC(O)C[C@H]4C(=O)CCc4ccc(C5=C(C)CC=N5)cc4)C(C)(C)C)c(C)c3)N=C(c3ccc(C)cc3)c3c(sc(C)c3C)N12. The van der Waals surface area contributed by atoms with E-state index in [1.807, 2.05) is 83.3 Å².